The molecule has 0 spiro atoms. The maximum Gasteiger partial charge on any atom is 2.00 e. The van der Waals surface area contributed by atoms with E-state index in [1.165, 1.54) is 0 Å². The van der Waals surface area contributed by atoms with Crippen LogP contribution in [0.1, 0.15) is 5.56 Å². The van der Waals surface area contributed by atoms with Crippen molar-refractivity contribution in [3.63, 3.8) is 0 Å². The van der Waals surface area contributed by atoms with E-state index >= 15 is 0 Å². The zero-order valence-electron chi connectivity index (χ0n) is 6.81. The molecular weight excluding hydrogens is 252 g/mol. The molecule has 0 aromatic heterocycles. The van der Waals surface area contributed by atoms with Crippen LogP contribution in [0.5, 0.6) is 5.75 Å². The molecule has 0 saturated heterocycles. The van der Waals surface area contributed by atoms with Gasteiger partial charge in [0.25, 0.3) is 0 Å². The Kier molecular flexibility index (Phi) is 8.57. The van der Waals surface area contributed by atoms with E-state index in [0.29, 0.717) is 0 Å². The minimum absolute atomic E-state index is 0. The van der Waals surface area contributed by atoms with Gasteiger partial charge in [-0.25, -0.2) is 0 Å². The molecule has 0 radical (unpaired) electrons. The van der Waals surface area contributed by atoms with Gasteiger partial charge < -0.3 is 17.1 Å². The minimum Gasteiger partial charge on any atom is -1.00 e. The summed E-state index contributed by atoms with van der Waals surface area (Å²) in [5.41, 5.74) is 0.944. The Balaban J connectivity index is 0. The van der Waals surface area contributed by atoms with E-state index in [-0.39, 0.29) is 35.5 Å². The van der Waals surface area contributed by atoms with Gasteiger partial charge in [-0.15, -0.1) is 28.1 Å². The van der Waals surface area contributed by atoms with Gasteiger partial charge in [-0.05, 0) is 6.07 Å². The number of rotatable bonds is 1. The van der Waals surface area contributed by atoms with E-state index in [1.54, 1.807) is 7.11 Å². The fraction of sp³-hybridized carbons (Fsp3) is 0.125. The number of ether oxygens (including phenoxy) is 1. The van der Waals surface area contributed by atoms with Crippen molar-refractivity contribution in [1.82, 2.24) is 0 Å². The summed E-state index contributed by atoms with van der Waals surface area (Å²) in [6, 6.07) is 5.68. The Hall–Kier alpha value is 0.426. The van der Waals surface area contributed by atoms with E-state index in [2.05, 4.69) is 22.9 Å². The summed E-state index contributed by atoms with van der Waals surface area (Å²) in [6.07, 6.45) is 0. The van der Waals surface area contributed by atoms with Crippen LogP contribution >= 0.6 is 15.9 Å². The van der Waals surface area contributed by atoms with Gasteiger partial charge in [0, 0.05) is 0 Å². The molecule has 1 nitrogen and oxygen atoms in total. The zero-order valence-corrected chi connectivity index (χ0v) is 10.6. The summed E-state index contributed by atoms with van der Waals surface area (Å²) < 4.78 is 6.00. The average Bonchev–Trinajstić information content (AvgIpc) is 1.95. The maximum atomic E-state index is 4.99. The van der Waals surface area contributed by atoms with E-state index in [9.17, 15) is 0 Å². The Morgan fingerprint density at radius 3 is 2.42 bits per heavy atom. The molecule has 0 atom stereocenters. The standard InChI is InChI=1S/C8H8BrO.ClH.Mg/c1-6-5-7(10-2)3-4-8(6)9;;/h3-5H,1H2,2H3;1H;/q-1;;+2/p-1. The quantitative estimate of drug-likeness (QED) is 0.477. The first-order chi connectivity index (χ1) is 4.74. The molecular formula is C8H8BrClMgO. The van der Waals surface area contributed by atoms with Crippen LogP contribution in [0, 0.1) is 6.92 Å². The van der Waals surface area contributed by atoms with Gasteiger partial charge in [-0.3, -0.25) is 0 Å². The Morgan fingerprint density at radius 1 is 1.42 bits per heavy atom. The first-order valence-electron chi connectivity index (χ1n) is 2.89. The molecule has 0 saturated carbocycles. The minimum atomic E-state index is 0. The second-order valence-corrected chi connectivity index (χ2v) is 2.81. The number of hydrogen-bond acceptors (Lipinski definition) is 1. The van der Waals surface area contributed by atoms with E-state index in [4.69, 9.17) is 4.74 Å². The second kappa shape index (κ2) is 6.89. The topological polar surface area (TPSA) is 9.23 Å². The van der Waals surface area contributed by atoms with Crippen LogP contribution in [0.2, 0.25) is 0 Å². The predicted molar refractivity (Wildman–Crippen MR) is 50.9 cm³/mol. The predicted octanol–water partition coefficient (Wildman–Crippen LogP) is -0.737. The fourth-order valence-electron chi connectivity index (χ4n) is 0.678. The van der Waals surface area contributed by atoms with E-state index in [0.717, 1.165) is 15.8 Å². The van der Waals surface area contributed by atoms with Crippen molar-refractivity contribution >= 4 is 39.0 Å². The number of halogens is 2. The summed E-state index contributed by atoms with van der Waals surface area (Å²) >= 11 is 3.34. The molecule has 0 aliphatic heterocycles. The molecule has 0 N–H and O–H groups in total. The maximum absolute atomic E-state index is 4.99. The third-order valence-corrected chi connectivity index (χ3v) is 2.03. The molecule has 0 heterocycles. The van der Waals surface area contributed by atoms with Gasteiger partial charge in [0.1, 0.15) is 0 Å². The van der Waals surface area contributed by atoms with Crippen LogP contribution in [-0.2, 0) is 0 Å². The van der Waals surface area contributed by atoms with Crippen LogP contribution in [0.4, 0.5) is 0 Å². The van der Waals surface area contributed by atoms with Gasteiger partial charge in [0.05, 0.1) is 12.9 Å². The molecule has 12 heavy (non-hydrogen) atoms. The Labute approximate surface area is 104 Å². The number of hydrogen-bond donors (Lipinski definition) is 0. The molecule has 4 heteroatoms. The molecule has 1 aromatic carbocycles. The molecule has 0 aliphatic rings. The van der Waals surface area contributed by atoms with Crippen LogP contribution in [0.3, 0.4) is 0 Å². The number of methoxy groups -OCH3 is 1. The molecule has 62 valence electrons. The summed E-state index contributed by atoms with van der Waals surface area (Å²) in [5, 5.41) is 0. The third kappa shape index (κ3) is 3.89. The molecule has 0 bridgehead atoms. The largest absolute Gasteiger partial charge is 2.00 e. The van der Waals surface area contributed by atoms with Gasteiger partial charge >= 0.3 is 23.1 Å². The molecule has 0 aliphatic carbocycles. The Morgan fingerprint density at radius 2 is 2.00 bits per heavy atom. The first kappa shape index (κ1) is 14.9. The molecule has 1 rings (SSSR count). The van der Waals surface area contributed by atoms with Crippen molar-refractivity contribution in [3.05, 3.63) is 35.2 Å². The van der Waals surface area contributed by atoms with Crippen molar-refractivity contribution in [2.45, 2.75) is 0 Å². The summed E-state index contributed by atoms with van der Waals surface area (Å²) in [5.74, 6) is 0.841. The fourth-order valence-corrected chi connectivity index (χ4v) is 0.925. The molecule has 0 fully saturated rings. The van der Waals surface area contributed by atoms with Gasteiger partial charge in [0.2, 0.25) is 0 Å². The van der Waals surface area contributed by atoms with Crippen molar-refractivity contribution in [2.75, 3.05) is 7.11 Å². The SMILES string of the molecule is [CH2-]c1cc(OC)ccc1Br.[Cl-].[Mg+2]. The summed E-state index contributed by atoms with van der Waals surface area (Å²) in [4.78, 5) is 0. The number of benzene rings is 1. The normalized spacial score (nSPS) is 7.83. The second-order valence-electron chi connectivity index (χ2n) is 1.96. The van der Waals surface area contributed by atoms with Crippen molar-refractivity contribution in [3.8, 4) is 5.75 Å². The smallest absolute Gasteiger partial charge is 1.00 e. The van der Waals surface area contributed by atoms with Crippen molar-refractivity contribution < 1.29 is 17.1 Å². The summed E-state index contributed by atoms with van der Waals surface area (Å²) in [7, 11) is 1.64. The monoisotopic (exact) mass is 258 g/mol. The van der Waals surface area contributed by atoms with Crippen LogP contribution in [0.25, 0.3) is 0 Å². The average molecular weight is 260 g/mol. The van der Waals surface area contributed by atoms with E-state index in [1.807, 2.05) is 18.2 Å². The molecule has 0 unspecified atom stereocenters. The van der Waals surface area contributed by atoms with Gasteiger partial charge in [-0.2, -0.15) is 12.5 Å². The molecule has 1 aromatic rings. The van der Waals surface area contributed by atoms with Crippen LogP contribution in [0.15, 0.2) is 22.7 Å². The third-order valence-electron chi connectivity index (χ3n) is 1.25. The van der Waals surface area contributed by atoms with Gasteiger partial charge in [-0.1, -0.05) is 4.47 Å². The van der Waals surface area contributed by atoms with Crippen molar-refractivity contribution in [1.29, 1.82) is 0 Å². The van der Waals surface area contributed by atoms with Crippen LogP contribution < -0.4 is 17.1 Å². The van der Waals surface area contributed by atoms with E-state index < -0.39 is 0 Å². The van der Waals surface area contributed by atoms with Crippen LogP contribution in [-0.4, -0.2) is 30.2 Å². The molecule has 0 amide bonds. The van der Waals surface area contributed by atoms with Gasteiger partial charge in [0.15, 0.2) is 0 Å². The van der Waals surface area contributed by atoms with Crippen molar-refractivity contribution in [2.24, 2.45) is 0 Å². The zero-order chi connectivity index (χ0) is 7.56. The Bertz CT molecular complexity index is 242. The summed E-state index contributed by atoms with van der Waals surface area (Å²) in [6.45, 7) is 3.80. The first-order valence-corrected chi connectivity index (χ1v) is 3.69.